The molecule has 0 N–H and O–H groups in total. The minimum atomic E-state index is -0.489. The van der Waals surface area contributed by atoms with Crippen molar-refractivity contribution in [3.8, 4) is 5.75 Å². The van der Waals surface area contributed by atoms with Gasteiger partial charge in [0.1, 0.15) is 5.75 Å². The molecule has 4 nitrogen and oxygen atoms in total. The number of carbonyl (C=O) groups is 2. The van der Waals surface area contributed by atoms with E-state index in [1.807, 2.05) is 18.2 Å². The number of methoxy groups -OCH3 is 1. The van der Waals surface area contributed by atoms with Crippen molar-refractivity contribution in [3.05, 3.63) is 29.3 Å². The van der Waals surface area contributed by atoms with E-state index in [9.17, 15) is 9.59 Å². The zero-order chi connectivity index (χ0) is 14.6. The lowest BCUT2D eigenvalue weighted by atomic mass is 10.00. The summed E-state index contributed by atoms with van der Waals surface area (Å²) in [5.74, 6) is 0.185. The van der Waals surface area contributed by atoms with Crippen molar-refractivity contribution in [2.24, 2.45) is 0 Å². The lowest BCUT2D eigenvalue weighted by Crippen LogP contribution is -2.31. The second kappa shape index (κ2) is 6.36. The van der Waals surface area contributed by atoms with Crippen LogP contribution in [0.1, 0.15) is 37.8 Å². The Labute approximate surface area is 114 Å². The van der Waals surface area contributed by atoms with Crippen LogP contribution in [0.15, 0.2) is 18.2 Å². The minimum absolute atomic E-state index is 0.363. The van der Waals surface area contributed by atoms with Crippen LogP contribution in [0.3, 0.4) is 0 Å². The van der Waals surface area contributed by atoms with Crippen LogP contribution in [0.4, 0.5) is 0 Å². The van der Waals surface area contributed by atoms with Gasteiger partial charge in [0.25, 0.3) is 5.91 Å². The number of amides is 1. The highest BCUT2D eigenvalue weighted by atomic mass is 16.5. The number of carbonyl (C=O) groups excluding carboxylic acids is 2. The van der Waals surface area contributed by atoms with Gasteiger partial charge < -0.3 is 9.64 Å². The summed E-state index contributed by atoms with van der Waals surface area (Å²) in [7, 11) is 3.21. The molecule has 0 heterocycles. The third-order valence-corrected chi connectivity index (χ3v) is 3.03. The maximum atomic E-state index is 11.6. The van der Waals surface area contributed by atoms with E-state index in [1.165, 1.54) is 17.4 Å². The second-order valence-corrected chi connectivity index (χ2v) is 4.94. The number of nitrogens with zero attached hydrogens (tertiary/aromatic N) is 1. The molecule has 0 fully saturated rings. The molecule has 104 valence electrons. The molecule has 0 spiro atoms. The van der Waals surface area contributed by atoms with Gasteiger partial charge >= 0.3 is 0 Å². The third-order valence-electron chi connectivity index (χ3n) is 3.03. The van der Waals surface area contributed by atoms with Gasteiger partial charge in [-0.25, -0.2) is 0 Å². The largest absolute Gasteiger partial charge is 0.496 e. The summed E-state index contributed by atoms with van der Waals surface area (Å²) in [6, 6.07) is 5.93. The Morgan fingerprint density at radius 2 is 1.95 bits per heavy atom. The zero-order valence-electron chi connectivity index (χ0n) is 12.2. The molecule has 19 heavy (non-hydrogen) atoms. The third kappa shape index (κ3) is 3.81. The summed E-state index contributed by atoms with van der Waals surface area (Å²) in [6.45, 7) is 5.86. The van der Waals surface area contributed by atoms with Gasteiger partial charge in [0.2, 0.25) is 5.78 Å². The molecular weight excluding hydrogens is 242 g/mol. The molecule has 0 saturated carbocycles. The Morgan fingerprint density at radius 3 is 2.42 bits per heavy atom. The summed E-state index contributed by atoms with van der Waals surface area (Å²) in [4.78, 5) is 24.1. The van der Waals surface area contributed by atoms with Gasteiger partial charge in [-0.1, -0.05) is 26.0 Å². The van der Waals surface area contributed by atoms with Crippen LogP contribution in [-0.4, -0.2) is 30.7 Å². The summed E-state index contributed by atoms with van der Waals surface area (Å²) < 4.78 is 5.30. The number of likely N-dealkylation sites (N-methyl/N-ethyl adjacent to an activating group) is 1. The van der Waals surface area contributed by atoms with E-state index in [0.29, 0.717) is 12.5 Å². The van der Waals surface area contributed by atoms with Crippen LogP contribution >= 0.6 is 0 Å². The number of benzene rings is 1. The quantitative estimate of drug-likeness (QED) is 0.766. The van der Waals surface area contributed by atoms with Gasteiger partial charge in [0.05, 0.1) is 7.11 Å². The molecule has 1 rings (SSSR count). The molecular formula is C15H21NO3. The van der Waals surface area contributed by atoms with Crippen LogP contribution in [0.25, 0.3) is 0 Å². The van der Waals surface area contributed by atoms with Gasteiger partial charge in [-0.15, -0.1) is 0 Å². The van der Waals surface area contributed by atoms with Crippen molar-refractivity contribution >= 4 is 11.7 Å². The van der Waals surface area contributed by atoms with Gasteiger partial charge in [0, 0.05) is 26.1 Å². The van der Waals surface area contributed by atoms with E-state index in [2.05, 4.69) is 13.8 Å². The number of hydrogen-bond donors (Lipinski definition) is 0. The molecule has 0 radical (unpaired) electrons. The highest BCUT2D eigenvalue weighted by Crippen LogP contribution is 2.25. The summed E-state index contributed by atoms with van der Waals surface area (Å²) in [5, 5.41) is 0. The fourth-order valence-corrected chi connectivity index (χ4v) is 1.88. The van der Waals surface area contributed by atoms with Crippen LogP contribution in [-0.2, 0) is 16.1 Å². The molecule has 0 bridgehead atoms. The van der Waals surface area contributed by atoms with Gasteiger partial charge in [-0.05, 0) is 17.5 Å². The van der Waals surface area contributed by atoms with Crippen LogP contribution in [0.2, 0.25) is 0 Å². The van der Waals surface area contributed by atoms with Gasteiger partial charge in [-0.2, -0.15) is 0 Å². The molecule has 0 aliphatic rings. The summed E-state index contributed by atoms with van der Waals surface area (Å²) in [5.41, 5.74) is 2.09. The molecule has 1 aromatic rings. The van der Waals surface area contributed by atoms with E-state index < -0.39 is 11.7 Å². The van der Waals surface area contributed by atoms with Crippen molar-refractivity contribution in [1.29, 1.82) is 0 Å². The van der Waals surface area contributed by atoms with Gasteiger partial charge in [-0.3, -0.25) is 9.59 Å². The molecule has 0 atom stereocenters. The number of hydrogen-bond acceptors (Lipinski definition) is 3. The monoisotopic (exact) mass is 263 g/mol. The van der Waals surface area contributed by atoms with Crippen molar-refractivity contribution in [3.63, 3.8) is 0 Å². The van der Waals surface area contributed by atoms with Crippen molar-refractivity contribution in [2.75, 3.05) is 14.2 Å². The Hall–Kier alpha value is -1.84. The first-order chi connectivity index (χ1) is 8.86. The molecule has 4 heteroatoms. The fraction of sp³-hybridized carbons (Fsp3) is 0.467. The van der Waals surface area contributed by atoms with E-state index in [4.69, 9.17) is 4.74 Å². The van der Waals surface area contributed by atoms with E-state index in [1.54, 1.807) is 14.2 Å². The Bertz CT molecular complexity index is 480. The first kappa shape index (κ1) is 15.2. The van der Waals surface area contributed by atoms with Gasteiger partial charge in [0.15, 0.2) is 0 Å². The van der Waals surface area contributed by atoms with Crippen LogP contribution < -0.4 is 4.74 Å². The number of ketones is 1. The minimum Gasteiger partial charge on any atom is -0.496 e. The maximum absolute atomic E-state index is 11.6. The average molecular weight is 263 g/mol. The molecule has 0 unspecified atom stereocenters. The molecule has 0 aliphatic carbocycles. The lowest BCUT2D eigenvalue weighted by Gasteiger charge is -2.19. The van der Waals surface area contributed by atoms with Crippen molar-refractivity contribution < 1.29 is 14.3 Å². The standard InChI is InChI=1S/C15H21NO3/c1-10(2)12-6-7-14(19-5)13(8-12)9-16(4)15(18)11(3)17/h6-8,10H,9H2,1-5H3. The predicted octanol–water partition coefficient (Wildman–Crippen LogP) is 2.37. The summed E-state index contributed by atoms with van der Waals surface area (Å²) >= 11 is 0. The predicted molar refractivity (Wildman–Crippen MR) is 74.2 cm³/mol. The van der Waals surface area contributed by atoms with E-state index in [0.717, 1.165) is 11.3 Å². The van der Waals surface area contributed by atoms with E-state index >= 15 is 0 Å². The lowest BCUT2D eigenvalue weighted by molar-refractivity contribution is -0.143. The molecule has 1 amide bonds. The normalized spacial score (nSPS) is 10.4. The molecule has 0 saturated heterocycles. The first-order valence-corrected chi connectivity index (χ1v) is 6.29. The first-order valence-electron chi connectivity index (χ1n) is 6.29. The number of ether oxygens (including phenoxy) is 1. The molecule has 0 aromatic heterocycles. The highest BCUT2D eigenvalue weighted by molar-refractivity contribution is 6.34. The van der Waals surface area contributed by atoms with Crippen LogP contribution in [0.5, 0.6) is 5.75 Å². The fourth-order valence-electron chi connectivity index (χ4n) is 1.88. The smallest absolute Gasteiger partial charge is 0.289 e. The Kier molecular flexibility index (Phi) is 5.10. The number of Topliss-reactive ketones (excluding diaryl/α,β-unsaturated/α-hetero) is 1. The SMILES string of the molecule is COc1ccc(C(C)C)cc1CN(C)C(=O)C(C)=O. The Balaban J connectivity index is 3.01. The molecule has 0 aliphatic heterocycles. The molecule has 1 aromatic carbocycles. The van der Waals surface area contributed by atoms with Crippen molar-refractivity contribution in [1.82, 2.24) is 4.90 Å². The second-order valence-electron chi connectivity index (χ2n) is 4.94. The van der Waals surface area contributed by atoms with Crippen LogP contribution in [0, 0.1) is 0 Å². The zero-order valence-corrected chi connectivity index (χ0v) is 12.2. The highest BCUT2D eigenvalue weighted by Gasteiger charge is 2.16. The topological polar surface area (TPSA) is 46.6 Å². The van der Waals surface area contributed by atoms with Crippen molar-refractivity contribution in [2.45, 2.75) is 33.2 Å². The Morgan fingerprint density at radius 1 is 1.32 bits per heavy atom. The summed E-state index contributed by atoms with van der Waals surface area (Å²) in [6.07, 6.45) is 0. The number of rotatable bonds is 5. The average Bonchev–Trinajstić information content (AvgIpc) is 2.37. The maximum Gasteiger partial charge on any atom is 0.289 e. The van der Waals surface area contributed by atoms with E-state index in [-0.39, 0.29) is 0 Å².